The van der Waals surface area contributed by atoms with Gasteiger partial charge in [-0.2, -0.15) is 0 Å². The van der Waals surface area contributed by atoms with E-state index in [-0.39, 0.29) is 0 Å². The lowest BCUT2D eigenvalue weighted by atomic mass is 9.97. The monoisotopic (exact) mass is 475 g/mol. The first-order valence-corrected chi connectivity index (χ1v) is 11.5. The third-order valence-electron chi connectivity index (χ3n) is 6.09. The third-order valence-corrected chi connectivity index (χ3v) is 6.78. The van der Waals surface area contributed by atoms with Crippen LogP contribution in [0.25, 0.3) is 43.7 Å². The van der Waals surface area contributed by atoms with Crippen LogP contribution in [0.1, 0.15) is 18.4 Å². The second-order valence-electron chi connectivity index (χ2n) is 8.52. The van der Waals surface area contributed by atoms with Gasteiger partial charge in [-0.15, -0.1) is 0 Å². The highest BCUT2D eigenvalue weighted by atomic mass is 79.9. The summed E-state index contributed by atoms with van der Waals surface area (Å²) in [6.07, 6.45) is 7.17. The Bertz CT molecular complexity index is 1400. The van der Waals surface area contributed by atoms with E-state index in [2.05, 4.69) is 87.6 Å². The number of aryl methyl sites for hydroxylation is 1. The van der Waals surface area contributed by atoms with Crippen LogP contribution in [0.2, 0.25) is 0 Å². The molecule has 0 atom stereocenters. The predicted octanol–water partition coefficient (Wildman–Crippen LogP) is 6.82. The number of fused-ring (bicyclic) bond motifs is 5. The number of rotatable bonds is 6. The van der Waals surface area contributed by atoms with E-state index in [4.69, 9.17) is 0 Å². The van der Waals surface area contributed by atoms with E-state index in [1.807, 2.05) is 12.1 Å². The fourth-order valence-corrected chi connectivity index (χ4v) is 5.05. The normalized spacial score (nSPS) is 12.0. The summed E-state index contributed by atoms with van der Waals surface area (Å²) >= 11 is 3.71. The lowest BCUT2D eigenvalue weighted by Gasteiger charge is -2.09. The zero-order valence-corrected chi connectivity index (χ0v) is 19.4. The van der Waals surface area contributed by atoms with Gasteiger partial charge >= 0.3 is 0 Å². The number of hydrogen-bond donors (Lipinski definition) is 3. The zero-order valence-electron chi connectivity index (χ0n) is 17.8. The lowest BCUT2D eigenvalue weighted by molar-refractivity contribution is 0.393. The maximum Gasteiger partial charge on any atom is 0.119 e. The van der Waals surface area contributed by atoms with Gasteiger partial charge in [0.1, 0.15) is 5.75 Å². The van der Waals surface area contributed by atoms with Crippen molar-refractivity contribution in [2.45, 2.75) is 19.3 Å². The number of H-pyrrole nitrogens is 2. The van der Waals surface area contributed by atoms with E-state index in [0.717, 1.165) is 68.6 Å². The number of halogens is 1. The maximum absolute atomic E-state index is 10.7. The van der Waals surface area contributed by atoms with Crippen molar-refractivity contribution in [2.24, 2.45) is 0 Å². The van der Waals surface area contributed by atoms with Gasteiger partial charge in [0.05, 0.1) is 0 Å². The summed E-state index contributed by atoms with van der Waals surface area (Å²) in [6, 6.07) is 14.6. The first-order valence-electron chi connectivity index (χ1n) is 10.7. The average Bonchev–Trinajstić information content (AvgIpc) is 3.35. The predicted molar refractivity (Wildman–Crippen MR) is 134 cm³/mol. The Morgan fingerprint density at radius 3 is 2.52 bits per heavy atom. The van der Waals surface area contributed by atoms with E-state index in [9.17, 15) is 5.11 Å². The second kappa shape index (κ2) is 8.06. The van der Waals surface area contributed by atoms with E-state index in [1.54, 1.807) is 0 Å². The Hall–Kier alpha value is -2.76. The summed E-state index contributed by atoms with van der Waals surface area (Å²) in [5.41, 5.74) is 5.50. The van der Waals surface area contributed by atoms with Crippen LogP contribution in [0.3, 0.4) is 0 Å². The first kappa shape index (κ1) is 20.2. The van der Waals surface area contributed by atoms with Crippen molar-refractivity contribution in [3.8, 4) is 16.9 Å². The number of phenols is 1. The molecule has 0 aliphatic heterocycles. The van der Waals surface area contributed by atoms with Gasteiger partial charge < -0.3 is 20.0 Å². The topological polar surface area (TPSA) is 55.0 Å². The molecule has 0 saturated carbocycles. The van der Waals surface area contributed by atoms with Crippen molar-refractivity contribution in [1.82, 2.24) is 14.9 Å². The van der Waals surface area contributed by atoms with Gasteiger partial charge in [-0.05, 0) is 80.9 Å². The van der Waals surface area contributed by atoms with Crippen molar-refractivity contribution >= 4 is 48.5 Å². The molecule has 0 aliphatic carbocycles. The SMILES string of the molecule is CN(C)CCCCc1cc2[nH]c3cc(-c4ccccc4Br)c4c[nH]cc4c3c2cc1O. The number of aromatic hydroxyl groups is 1. The summed E-state index contributed by atoms with van der Waals surface area (Å²) in [4.78, 5) is 9.10. The van der Waals surface area contributed by atoms with Gasteiger partial charge in [0.25, 0.3) is 0 Å². The fraction of sp³-hybridized carbons (Fsp3) is 0.231. The van der Waals surface area contributed by atoms with Crippen LogP contribution in [0.15, 0.2) is 59.3 Å². The van der Waals surface area contributed by atoms with E-state index in [1.165, 1.54) is 10.9 Å². The van der Waals surface area contributed by atoms with E-state index >= 15 is 0 Å². The highest BCUT2D eigenvalue weighted by Crippen LogP contribution is 2.41. The molecule has 0 aliphatic rings. The highest BCUT2D eigenvalue weighted by Gasteiger charge is 2.16. The van der Waals surface area contributed by atoms with Crippen molar-refractivity contribution in [3.05, 3.63) is 64.9 Å². The minimum atomic E-state index is 0.386. The van der Waals surface area contributed by atoms with Crippen LogP contribution in [0.4, 0.5) is 0 Å². The Balaban J connectivity index is 1.64. The molecule has 0 unspecified atom stereocenters. The molecule has 158 valence electrons. The van der Waals surface area contributed by atoms with Crippen molar-refractivity contribution < 1.29 is 5.11 Å². The average molecular weight is 476 g/mol. The molecule has 3 N–H and O–H groups in total. The lowest BCUT2D eigenvalue weighted by Crippen LogP contribution is -2.12. The number of unbranched alkanes of at least 4 members (excludes halogenated alkanes) is 1. The van der Waals surface area contributed by atoms with Gasteiger partial charge in [0, 0.05) is 49.4 Å². The molecule has 5 aromatic rings. The Morgan fingerprint density at radius 2 is 1.71 bits per heavy atom. The van der Waals surface area contributed by atoms with Crippen molar-refractivity contribution in [2.75, 3.05) is 20.6 Å². The maximum atomic E-state index is 10.7. The minimum absolute atomic E-state index is 0.386. The minimum Gasteiger partial charge on any atom is -0.508 e. The highest BCUT2D eigenvalue weighted by molar-refractivity contribution is 9.10. The van der Waals surface area contributed by atoms with Gasteiger partial charge in [0.2, 0.25) is 0 Å². The van der Waals surface area contributed by atoms with Crippen LogP contribution < -0.4 is 0 Å². The largest absolute Gasteiger partial charge is 0.508 e. The molecule has 5 heteroatoms. The number of aromatic nitrogens is 2. The molecule has 5 rings (SSSR count). The number of phenolic OH excluding ortho intramolecular Hbond substituents is 1. The molecule has 3 aromatic carbocycles. The summed E-state index contributed by atoms with van der Waals surface area (Å²) in [7, 11) is 4.19. The van der Waals surface area contributed by atoms with Crippen LogP contribution in [0.5, 0.6) is 5.75 Å². The first-order chi connectivity index (χ1) is 15.0. The van der Waals surface area contributed by atoms with Crippen LogP contribution >= 0.6 is 15.9 Å². The van der Waals surface area contributed by atoms with Gasteiger partial charge in [0.15, 0.2) is 0 Å². The Kier molecular flexibility index (Phi) is 5.24. The van der Waals surface area contributed by atoms with Crippen LogP contribution in [0, 0.1) is 0 Å². The van der Waals surface area contributed by atoms with Crippen LogP contribution in [-0.2, 0) is 6.42 Å². The van der Waals surface area contributed by atoms with E-state index < -0.39 is 0 Å². The molecule has 0 radical (unpaired) electrons. The number of hydrogen-bond acceptors (Lipinski definition) is 2. The standard InChI is InChI=1S/C26H26BrN3O/c1-30(2)10-6-5-7-16-11-23-19(13-25(16)31)26-21-15-28-14-20(21)18(12-24(26)29-23)17-8-3-4-9-22(17)27/h3-4,8-9,11-15,28-29,31H,5-7,10H2,1-2H3. The van der Waals surface area contributed by atoms with Crippen molar-refractivity contribution in [1.29, 1.82) is 0 Å². The molecule has 2 aromatic heterocycles. The number of aromatic amines is 2. The Labute approximate surface area is 190 Å². The smallest absolute Gasteiger partial charge is 0.119 e. The summed E-state index contributed by atoms with van der Waals surface area (Å²) < 4.78 is 1.07. The van der Waals surface area contributed by atoms with Gasteiger partial charge in [-0.25, -0.2) is 0 Å². The molecule has 0 spiro atoms. The van der Waals surface area contributed by atoms with E-state index in [0.29, 0.717) is 5.75 Å². The fourth-order valence-electron chi connectivity index (χ4n) is 4.56. The summed E-state index contributed by atoms with van der Waals surface area (Å²) in [6.45, 7) is 1.07. The Morgan fingerprint density at radius 1 is 0.903 bits per heavy atom. The second-order valence-corrected chi connectivity index (χ2v) is 9.38. The molecular weight excluding hydrogens is 450 g/mol. The molecule has 31 heavy (non-hydrogen) atoms. The molecule has 0 fully saturated rings. The molecular formula is C26H26BrN3O. The quantitative estimate of drug-likeness (QED) is 0.236. The number of nitrogens with zero attached hydrogens (tertiary/aromatic N) is 1. The summed E-state index contributed by atoms with van der Waals surface area (Å²) in [5.74, 6) is 0.386. The summed E-state index contributed by atoms with van der Waals surface area (Å²) in [5, 5.41) is 15.3. The van der Waals surface area contributed by atoms with Crippen LogP contribution in [-0.4, -0.2) is 40.6 Å². The van der Waals surface area contributed by atoms with Gasteiger partial charge in [-0.1, -0.05) is 34.1 Å². The molecule has 0 amide bonds. The molecule has 0 saturated heterocycles. The molecule has 0 bridgehead atoms. The zero-order chi connectivity index (χ0) is 21.5. The van der Waals surface area contributed by atoms with Crippen molar-refractivity contribution in [3.63, 3.8) is 0 Å². The molecule has 4 nitrogen and oxygen atoms in total. The third kappa shape index (κ3) is 3.62. The van der Waals surface area contributed by atoms with Gasteiger partial charge in [-0.3, -0.25) is 0 Å². The number of benzene rings is 3. The molecule has 2 heterocycles. The number of nitrogens with one attached hydrogen (secondary N) is 2.